The van der Waals surface area contributed by atoms with Crippen LogP contribution in [-0.2, 0) is 5.88 Å². The lowest BCUT2D eigenvalue weighted by Gasteiger charge is -2.30. The maximum absolute atomic E-state index is 13.3. The van der Waals surface area contributed by atoms with Crippen LogP contribution < -0.4 is 0 Å². The van der Waals surface area contributed by atoms with Crippen molar-refractivity contribution in [2.75, 3.05) is 0 Å². The van der Waals surface area contributed by atoms with Gasteiger partial charge in [0, 0.05) is 12.1 Å². The van der Waals surface area contributed by atoms with Crippen LogP contribution in [-0.4, -0.2) is 9.55 Å². The molecule has 2 nitrogen and oxygen atoms in total. The molecule has 0 amide bonds. The Hall–Kier alpha value is -1.09. The highest BCUT2D eigenvalue weighted by atomic mass is 35.5. The summed E-state index contributed by atoms with van der Waals surface area (Å²) in [5.41, 5.74) is 1.94. The lowest BCUT2D eigenvalue weighted by Crippen LogP contribution is -2.22. The van der Waals surface area contributed by atoms with Gasteiger partial charge in [-0.05, 0) is 30.4 Å². The van der Waals surface area contributed by atoms with E-state index in [1.54, 1.807) is 0 Å². The zero-order valence-electron chi connectivity index (χ0n) is 11.3. The first-order chi connectivity index (χ1) is 9.03. The third-order valence-electron chi connectivity index (χ3n) is 4.36. The minimum absolute atomic E-state index is 0.239. The third kappa shape index (κ3) is 2.04. The Morgan fingerprint density at radius 3 is 2.89 bits per heavy atom. The third-order valence-corrected chi connectivity index (χ3v) is 4.60. The molecular weight excluding hydrogens is 263 g/mol. The van der Waals surface area contributed by atoms with E-state index < -0.39 is 0 Å². The van der Waals surface area contributed by atoms with Crippen molar-refractivity contribution in [1.29, 1.82) is 0 Å². The number of aromatic nitrogens is 2. The average Bonchev–Trinajstić information content (AvgIpc) is 2.87. The second-order valence-corrected chi connectivity index (χ2v) is 6.33. The second kappa shape index (κ2) is 4.48. The van der Waals surface area contributed by atoms with Gasteiger partial charge in [-0.25, -0.2) is 9.37 Å². The Bertz CT molecular complexity index is 618. The molecular formula is C15H18ClFN2. The number of imidazole rings is 1. The lowest BCUT2D eigenvalue weighted by atomic mass is 9.87. The molecule has 1 aliphatic rings. The highest BCUT2D eigenvalue weighted by Gasteiger charge is 2.37. The summed E-state index contributed by atoms with van der Waals surface area (Å²) in [5.74, 6) is 0.967. The van der Waals surface area contributed by atoms with Crippen LogP contribution in [0.2, 0.25) is 0 Å². The number of benzene rings is 1. The van der Waals surface area contributed by atoms with E-state index >= 15 is 0 Å². The minimum Gasteiger partial charge on any atom is -0.323 e. The van der Waals surface area contributed by atoms with Crippen molar-refractivity contribution in [3.8, 4) is 0 Å². The van der Waals surface area contributed by atoms with E-state index in [0.29, 0.717) is 17.4 Å². The number of hydrogen-bond donors (Lipinski definition) is 0. The van der Waals surface area contributed by atoms with Gasteiger partial charge >= 0.3 is 0 Å². The maximum Gasteiger partial charge on any atom is 0.125 e. The summed E-state index contributed by atoms with van der Waals surface area (Å²) in [5, 5.41) is 0. The van der Waals surface area contributed by atoms with Gasteiger partial charge in [0.1, 0.15) is 11.6 Å². The maximum atomic E-state index is 13.3. The molecule has 1 aliphatic carbocycles. The highest BCUT2D eigenvalue weighted by Crippen LogP contribution is 2.47. The van der Waals surface area contributed by atoms with Crippen LogP contribution in [0.1, 0.15) is 45.0 Å². The van der Waals surface area contributed by atoms with Crippen LogP contribution in [0.3, 0.4) is 0 Å². The zero-order valence-corrected chi connectivity index (χ0v) is 12.0. The number of fused-ring (bicyclic) bond motifs is 1. The van der Waals surface area contributed by atoms with Crippen LogP contribution in [0.15, 0.2) is 18.2 Å². The van der Waals surface area contributed by atoms with Crippen molar-refractivity contribution in [2.24, 2.45) is 5.41 Å². The van der Waals surface area contributed by atoms with Crippen molar-refractivity contribution < 1.29 is 4.39 Å². The number of alkyl halides is 1. The van der Waals surface area contributed by atoms with E-state index in [1.807, 2.05) is 6.07 Å². The van der Waals surface area contributed by atoms with Crippen molar-refractivity contribution in [3.63, 3.8) is 0 Å². The second-order valence-electron chi connectivity index (χ2n) is 6.06. The van der Waals surface area contributed by atoms with Crippen LogP contribution in [0, 0.1) is 11.2 Å². The van der Waals surface area contributed by atoms with Crippen LogP contribution in [0.5, 0.6) is 0 Å². The van der Waals surface area contributed by atoms with Gasteiger partial charge in [-0.15, -0.1) is 11.6 Å². The van der Waals surface area contributed by atoms with Gasteiger partial charge in [-0.2, -0.15) is 0 Å². The first-order valence-electron chi connectivity index (χ1n) is 6.75. The largest absolute Gasteiger partial charge is 0.323 e. The minimum atomic E-state index is -0.246. The molecule has 3 rings (SSSR count). The smallest absolute Gasteiger partial charge is 0.125 e. The van der Waals surface area contributed by atoms with E-state index in [9.17, 15) is 4.39 Å². The standard InChI is InChI=1S/C15H18ClFN2/c1-15(2)7-3-4-13(15)19-12-6-5-10(17)8-11(12)18-14(19)9-16/h5-6,8,13H,3-4,7,9H2,1-2H3. The fraction of sp³-hybridized carbons (Fsp3) is 0.533. The van der Waals surface area contributed by atoms with E-state index in [1.165, 1.54) is 25.0 Å². The predicted octanol–water partition coefficient (Wildman–Crippen LogP) is 4.67. The first kappa shape index (κ1) is 12.9. The van der Waals surface area contributed by atoms with Gasteiger partial charge in [-0.3, -0.25) is 0 Å². The average molecular weight is 281 g/mol. The molecule has 0 spiro atoms. The molecule has 1 unspecified atom stereocenters. The van der Waals surface area contributed by atoms with Gasteiger partial charge in [0.05, 0.1) is 16.9 Å². The Kier molecular flexibility index (Phi) is 3.05. The van der Waals surface area contributed by atoms with Gasteiger partial charge < -0.3 is 4.57 Å². The molecule has 0 bridgehead atoms. The number of halogens is 2. The van der Waals surface area contributed by atoms with Gasteiger partial charge in [0.15, 0.2) is 0 Å². The molecule has 1 heterocycles. The highest BCUT2D eigenvalue weighted by molar-refractivity contribution is 6.16. The Labute approximate surface area is 117 Å². The SMILES string of the molecule is CC1(C)CCCC1n1c(CCl)nc2cc(F)ccc21. The van der Waals surface area contributed by atoms with Gasteiger partial charge in [0.25, 0.3) is 0 Å². The van der Waals surface area contributed by atoms with Gasteiger partial charge in [-0.1, -0.05) is 20.3 Å². The molecule has 1 saturated carbocycles. The molecule has 1 fully saturated rings. The number of rotatable bonds is 2. The molecule has 0 saturated heterocycles. The lowest BCUT2D eigenvalue weighted by molar-refractivity contribution is 0.262. The molecule has 2 aromatic rings. The molecule has 19 heavy (non-hydrogen) atoms. The quantitative estimate of drug-likeness (QED) is 0.731. The molecule has 1 atom stereocenters. The zero-order chi connectivity index (χ0) is 13.6. The summed E-state index contributed by atoms with van der Waals surface area (Å²) in [4.78, 5) is 4.49. The summed E-state index contributed by atoms with van der Waals surface area (Å²) >= 11 is 6.04. The fourth-order valence-corrected chi connectivity index (χ4v) is 3.54. The molecule has 0 radical (unpaired) electrons. The van der Waals surface area contributed by atoms with E-state index in [4.69, 9.17) is 11.6 Å². The van der Waals surface area contributed by atoms with E-state index in [2.05, 4.69) is 23.4 Å². The van der Waals surface area contributed by atoms with Crippen LogP contribution >= 0.6 is 11.6 Å². The number of nitrogens with zero attached hydrogens (tertiary/aromatic N) is 2. The Morgan fingerprint density at radius 2 is 2.26 bits per heavy atom. The molecule has 4 heteroatoms. The molecule has 0 aliphatic heterocycles. The van der Waals surface area contributed by atoms with Crippen molar-refractivity contribution >= 4 is 22.6 Å². The van der Waals surface area contributed by atoms with Gasteiger partial charge in [0.2, 0.25) is 0 Å². The Morgan fingerprint density at radius 1 is 1.47 bits per heavy atom. The fourth-order valence-electron chi connectivity index (χ4n) is 3.35. The molecule has 0 N–H and O–H groups in total. The summed E-state index contributed by atoms with van der Waals surface area (Å²) in [6, 6.07) is 5.21. The molecule has 1 aromatic carbocycles. The topological polar surface area (TPSA) is 17.8 Å². The summed E-state index contributed by atoms with van der Waals surface area (Å²) in [6.45, 7) is 4.58. The Balaban J connectivity index is 2.21. The van der Waals surface area contributed by atoms with E-state index in [0.717, 1.165) is 17.8 Å². The predicted molar refractivity (Wildman–Crippen MR) is 75.9 cm³/mol. The molecule has 102 valence electrons. The summed E-state index contributed by atoms with van der Waals surface area (Å²) < 4.78 is 15.6. The molecule has 1 aromatic heterocycles. The van der Waals surface area contributed by atoms with Crippen molar-refractivity contribution in [3.05, 3.63) is 29.8 Å². The van der Waals surface area contributed by atoms with Crippen molar-refractivity contribution in [2.45, 2.75) is 45.0 Å². The number of hydrogen-bond acceptors (Lipinski definition) is 1. The van der Waals surface area contributed by atoms with E-state index in [-0.39, 0.29) is 11.2 Å². The van der Waals surface area contributed by atoms with Crippen LogP contribution in [0.4, 0.5) is 4.39 Å². The van der Waals surface area contributed by atoms with Crippen LogP contribution in [0.25, 0.3) is 11.0 Å². The normalized spacial score (nSPS) is 22.2. The summed E-state index contributed by atoms with van der Waals surface area (Å²) in [6.07, 6.45) is 3.57. The van der Waals surface area contributed by atoms with Crippen molar-refractivity contribution in [1.82, 2.24) is 9.55 Å². The monoisotopic (exact) mass is 280 g/mol. The first-order valence-corrected chi connectivity index (χ1v) is 7.29. The summed E-state index contributed by atoms with van der Waals surface area (Å²) in [7, 11) is 0.